The zero-order valence-corrected chi connectivity index (χ0v) is 10.1. The molecule has 2 nitrogen and oxygen atoms in total. The highest BCUT2D eigenvalue weighted by Gasteiger charge is 2.24. The van der Waals surface area contributed by atoms with Crippen molar-refractivity contribution in [1.82, 2.24) is 0 Å². The molecule has 16 heavy (non-hydrogen) atoms. The van der Waals surface area contributed by atoms with Gasteiger partial charge in [0, 0.05) is 17.8 Å². The van der Waals surface area contributed by atoms with Crippen LogP contribution in [0.5, 0.6) is 0 Å². The van der Waals surface area contributed by atoms with Crippen molar-refractivity contribution in [1.29, 1.82) is 0 Å². The van der Waals surface area contributed by atoms with E-state index >= 15 is 0 Å². The second kappa shape index (κ2) is 5.05. The van der Waals surface area contributed by atoms with Crippen molar-refractivity contribution in [2.24, 2.45) is 5.92 Å². The molecule has 2 heteroatoms. The molecule has 2 N–H and O–H groups in total. The lowest BCUT2D eigenvalue weighted by Crippen LogP contribution is -2.38. The maximum atomic E-state index is 10.1. The highest BCUT2D eigenvalue weighted by Crippen LogP contribution is 2.17. The van der Waals surface area contributed by atoms with Crippen LogP contribution in [-0.2, 0) is 0 Å². The van der Waals surface area contributed by atoms with Gasteiger partial charge in [-0.3, -0.25) is 0 Å². The Balaban J connectivity index is 2.65. The van der Waals surface area contributed by atoms with E-state index in [0.717, 1.165) is 11.3 Å². The number of hydrogen-bond donors (Lipinski definition) is 2. The predicted octanol–water partition coefficient (Wildman–Crippen LogP) is 2.49. The standard InChI is InChI=1S/C14H19NO/c1-5-12-7-6-8-13(9-12)15-10-14(4,16)11(2)3/h1,6-9,11,15-16H,10H2,2-4H3. The van der Waals surface area contributed by atoms with Crippen LogP contribution < -0.4 is 5.32 Å². The fourth-order valence-electron chi connectivity index (χ4n) is 1.20. The lowest BCUT2D eigenvalue weighted by molar-refractivity contribution is 0.0266. The van der Waals surface area contributed by atoms with E-state index in [1.54, 1.807) is 0 Å². The summed E-state index contributed by atoms with van der Waals surface area (Å²) in [5.74, 6) is 2.79. The summed E-state index contributed by atoms with van der Waals surface area (Å²) in [4.78, 5) is 0. The van der Waals surface area contributed by atoms with E-state index in [4.69, 9.17) is 6.42 Å². The minimum Gasteiger partial charge on any atom is -0.388 e. The van der Waals surface area contributed by atoms with Crippen LogP contribution in [0.15, 0.2) is 24.3 Å². The Kier molecular flexibility index (Phi) is 3.98. The zero-order valence-electron chi connectivity index (χ0n) is 10.1. The van der Waals surface area contributed by atoms with Gasteiger partial charge in [0.25, 0.3) is 0 Å². The Morgan fingerprint density at radius 1 is 1.50 bits per heavy atom. The van der Waals surface area contributed by atoms with E-state index in [2.05, 4.69) is 11.2 Å². The normalized spacial score (nSPS) is 14.2. The van der Waals surface area contributed by atoms with Crippen molar-refractivity contribution in [2.45, 2.75) is 26.4 Å². The molecule has 0 saturated carbocycles. The van der Waals surface area contributed by atoms with Crippen LogP contribution in [0.2, 0.25) is 0 Å². The lowest BCUT2D eigenvalue weighted by Gasteiger charge is -2.28. The molecule has 0 radical (unpaired) electrons. The van der Waals surface area contributed by atoms with Crippen LogP contribution in [0.4, 0.5) is 5.69 Å². The predicted molar refractivity (Wildman–Crippen MR) is 68.3 cm³/mol. The molecule has 1 atom stereocenters. The van der Waals surface area contributed by atoms with Gasteiger partial charge in [-0.25, -0.2) is 0 Å². The number of terminal acetylenes is 1. The summed E-state index contributed by atoms with van der Waals surface area (Å²) >= 11 is 0. The van der Waals surface area contributed by atoms with Crippen LogP contribution in [0.3, 0.4) is 0 Å². The maximum Gasteiger partial charge on any atom is 0.0813 e. The first-order chi connectivity index (χ1) is 7.45. The smallest absolute Gasteiger partial charge is 0.0813 e. The number of benzene rings is 1. The van der Waals surface area contributed by atoms with Crippen LogP contribution in [0.1, 0.15) is 26.3 Å². The fraction of sp³-hybridized carbons (Fsp3) is 0.429. The van der Waals surface area contributed by atoms with Crippen molar-refractivity contribution in [3.05, 3.63) is 29.8 Å². The quantitative estimate of drug-likeness (QED) is 0.759. The summed E-state index contributed by atoms with van der Waals surface area (Å²) in [6.07, 6.45) is 5.32. The van der Waals surface area contributed by atoms with Gasteiger partial charge in [-0.1, -0.05) is 25.8 Å². The Labute approximate surface area is 97.7 Å². The van der Waals surface area contributed by atoms with E-state index in [1.165, 1.54) is 0 Å². The van der Waals surface area contributed by atoms with Crippen LogP contribution in [-0.4, -0.2) is 17.3 Å². The molecule has 0 aromatic heterocycles. The van der Waals surface area contributed by atoms with E-state index < -0.39 is 5.60 Å². The molecule has 1 rings (SSSR count). The van der Waals surface area contributed by atoms with Gasteiger partial charge in [0.15, 0.2) is 0 Å². The summed E-state index contributed by atoms with van der Waals surface area (Å²) in [6.45, 7) is 6.34. The lowest BCUT2D eigenvalue weighted by atomic mass is 9.92. The molecule has 0 aliphatic rings. The topological polar surface area (TPSA) is 32.3 Å². The first-order valence-corrected chi connectivity index (χ1v) is 5.48. The largest absolute Gasteiger partial charge is 0.388 e. The van der Waals surface area contributed by atoms with E-state index in [-0.39, 0.29) is 5.92 Å². The zero-order chi connectivity index (χ0) is 12.2. The molecular weight excluding hydrogens is 198 g/mol. The molecule has 1 unspecified atom stereocenters. The molecule has 0 saturated heterocycles. The molecule has 0 heterocycles. The van der Waals surface area contributed by atoms with Gasteiger partial charge in [-0.15, -0.1) is 6.42 Å². The van der Waals surface area contributed by atoms with Crippen LogP contribution >= 0.6 is 0 Å². The number of anilines is 1. The Morgan fingerprint density at radius 2 is 2.19 bits per heavy atom. The SMILES string of the molecule is C#Cc1cccc(NCC(C)(O)C(C)C)c1. The summed E-state index contributed by atoms with van der Waals surface area (Å²) < 4.78 is 0. The Hall–Kier alpha value is -1.46. The molecule has 0 spiro atoms. The van der Waals surface area contributed by atoms with Gasteiger partial charge in [0.05, 0.1) is 5.60 Å². The second-order valence-corrected chi connectivity index (χ2v) is 4.59. The monoisotopic (exact) mass is 217 g/mol. The highest BCUT2D eigenvalue weighted by atomic mass is 16.3. The van der Waals surface area contributed by atoms with Gasteiger partial charge in [0.2, 0.25) is 0 Å². The molecule has 0 aliphatic carbocycles. The third-order valence-corrected chi connectivity index (χ3v) is 2.92. The second-order valence-electron chi connectivity index (χ2n) is 4.59. The Bertz CT molecular complexity index is 388. The van der Waals surface area contributed by atoms with Gasteiger partial charge in [-0.05, 0) is 31.0 Å². The summed E-state index contributed by atoms with van der Waals surface area (Å²) in [7, 11) is 0. The van der Waals surface area contributed by atoms with Crippen molar-refractivity contribution >= 4 is 5.69 Å². The number of aliphatic hydroxyl groups is 1. The van der Waals surface area contributed by atoms with Crippen molar-refractivity contribution in [3.63, 3.8) is 0 Å². The Morgan fingerprint density at radius 3 is 2.75 bits per heavy atom. The molecule has 0 amide bonds. The first kappa shape index (κ1) is 12.6. The minimum atomic E-state index is -0.716. The molecule has 86 valence electrons. The third-order valence-electron chi connectivity index (χ3n) is 2.92. The number of hydrogen-bond acceptors (Lipinski definition) is 2. The van der Waals surface area contributed by atoms with Gasteiger partial charge >= 0.3 is 0 Å². The minimum absolute atomic E-state index is 0.204. The summed E-state index contributed by atoms with van der Waals surface area (Å²) in [5, 5.41) is 13.3. The molecule has 0 bridgehead atoms. The molecule has 1 aromatic rings. The molecular formula is C14H19NO. The van der Waals surface area contributed by atoms with E-state index in [0.29, 0.717) is 6.54 Å². The molecule has 0 aliphatic heterocycles. The highest BCUT2D eigenvalue weighted by molar-refractivity contribution is 5.50. The fourth-order valence-corrected chi connectivity index (χ4v) is 1.20. The first-order valence-electron chi connectivity index (χ1n) is 5.48. The summed E-state index contributed by atoms with van der Waals surface area (Å²) in [6, 6.07) is 7.63. The van der Waals surface area contributed by atoms with Crippen LogP contribution in [0, 0.1) is 18.3 Å². The van der Waals surface area contributed by atoms with Crippen molar-refractivity contribution in [3.8, 4) is 12.3 Å². The van der Waals surface area contributed by atoms with Gasteiger partial charge < -0.3 is 10.4 Å². The average Bonchev–Trinajstić information content (AvgIpc) is 2.26. The summed E-state index contributed by atoms with van der Waals surface area (Å²) in [5.41, 5.74) is 1.07. The van der Waals surface area contributed by atoms with Gasteiger partial charge in [0.1, 0.15) is 0 Å². The molecule has 1 aromatic carbocycles. The van der Waals surface area contributed by atoms with E-state index in [1.807, 2.05) is 45.0 Å². The van der Waals surface area contributed by atoms with Crippen molar-refractivity contribution in [2.75, 3.05) is 11.9 Å². The number of rotatable bonds is 4. The number of nitrogens with one attached hydrogen (secondary N) is 1. The van der Waals surface area contributed by atoms with E-state index in [9.17, 15) is 5.11 Å². The average molecular weight is 217 g/mol. The van der Waals surface area contributed by atoms with Crippen molar-refractivity contribution < 1.29 is 5.11 Å². The molecule has 0 fully saturated rings. The maximum absolute atomic E-state index is 10.1. The van der Waals surface area contributed by atoms with Gasteiger partial charge in [-0.2, -0.15) is 0 Å². The third kappa shape index (κ3) is 3.29. The van der Waals surface area contributed by atoms with Crippen LogP contribution in [0.25, 0.3) is 0 Å².